The van der Waals surface area contributed by atoms with Crippen LogP contribution in [-0.2, 0) is 9.59 Å². The van der Waals surface area contributed by atoms with Crippen molar-refractivity contribution < 1.29 is 9.59 Å². The molecule has 4 heteroatoms. The molecule has 0 heterocycles. The van der Waals surface area contributed by atoms with Gasteiger partial charge in [-0.1, -0.05) is 142 Å². The molecular weight excluding hydrogens is 400 g/mol. The minimum absolute atomic E-state index is 0.169. The van der Waals surface area contributed by atoms with Crippen molar-refractivity contribution in [1.29, 1.82) is 0 Å². The van der Waals surface area contributed by atoms with Crippen molar-refractivity contribution >= 4 is 37.6 Å². The maximum atomic E-state index is 12.5. The Bertz CT molecular complexity index is 495. The van der Waals surface area contributed by atoms with Crippen LogP contribution in [-0.4, -0.2) is 37.6 Å². The predicted molar refractivity (Wildman–Crippen MR) is 139 cm³/mol. The first-order valence-electron chi connectivity index (χ1n) is 11.6. The van der Waals surface area contributed by atoms with Crippen LogP contribution < -0.4 is 0 Å². The maximum absolute atomic E-state index is 12.5. The fourth-order valence-electron chi connectivity index (χ4n) is 5.04. The zero-order chi connectivity index (χ0) is 25.3. The lowest BCUT2D eigenvalue weighted by atomic mass is 10.1. The summed E-state index contributed by atoms with van der Waals surface area (Å²) in [4.78, 5) is 25.0. The van der Waals surface area contributed by atoms with Crippen molar-refractivity contribution in [2.45, 2.75) is 142 Å². The molecule has 0 N–H and O–H groups in total. The number of rotatable bonds is 2. The summed E-state index contributed by atoms with van der Waals surface area (Å²) in [6, 6.07) is 0. The van der Waals surface area contributed by atoms with Gasteiger partial charge in [0.15, 0.2) is 0 Å². The lowest BCUT2D eigenvalue weighted by molar-refractivity contribution is -0.120. The Morgan fingerprint density at radius 3 is 0.533 bits per heavy atom. The average molecular weight is 455 g/mol. The van der Waals surface area contributed by atoms with Gasteiger partial charge in [0.25, 0.3) is 0 Å². The summed E-state index contributed by atoms with van der Waals surface area (Å²) in [6.07, 6.45) is 0. The van der Waals surface area contributed by atoms with Gasteiger partial charge >= 0.3 is 28.3 Å². The quantitative estimate of drug-likeness (QED) is 0.310. The van der Waals surface area contributed by atoms with Crippen molar-refractivity contribution in [3.05, 3.63) is 0 Å². The van der Waals surface area contributed by atoms with Gasteiger partial charge in [-0.05, 0) is 0 Å². The van der Waals surface area contributed by atoms with Gasteiger partial charge < -0.3 is 9.59 Å². The molecule has 0 aromatic carbocycles. The number of hydrogen-bond acceptors (Lipinski definition) is 2. The van der Waals surface area contributed by atoms with Crippen molar-refractivity contribution in [2.24, 2.45) is 10.8 Å². The second-order valence-corrected chi connectivity index (χ2v) is 25.3. The molecule has 176 valence electrons. The van der Waals surface area contributed by atoms with Crippen LogP contribution in [0.5, 0.6) is 0 Å². The fraction of sp³-hybridized carbons (Fsp3) is 0.923. The van der Waals surface area contributed by atoms with Crippen LogP contribution in [0.25, 0.3) is 0 Å². The SMILES string of the molecule is CC(C)(C)[13C](=O)[Al]([C](C)(C)C)[C](C)(C)C.CC(C)(C)[13C](=O)[Al]([C](C)(C)C)[C](C)(C)C. The average Bonchev–Trinajstić information content (AvgIpc) is 2.29. The van der Waals surface area contributed by atoms with E-state index in [1.807, 2.05) is 41.5 Å². The molecule has 0 aromatic heterocycles. The Labute approximate surface area is 199 Å². The molecule has 0 fully saturated rings. The van der Waals surface area contributed by atoms with Crippen molar-refractivity contribution in [1.82, 2.24) is 0 Å². The summed E-state index contributed by atoms with van der Waals surface area (Å²) in [5, 5.41) is 0. The van der Waals surface area contributed by atoms with E-state index in [9.17, 15) is 9.59 Å². The molecule has 0 amide bonds. The van der Waals surface area contributed by atoms with Crippen LogP contribution in [0.1, 0.15) is 125 Å². The van der Waals surface area contributed by atoms with Gasteiger partial charge in [0, 0.05) is 10.8 Å². The van der Waals surface area contributed by atoms with E-state index >= 15 is 0 Å². The van der Waals surface area contributed by atoms with Crippen LogP contribution in [0.4, 0.5) is 0 Å². The first-order chi connectivity index (χ1) is 12.6. The molecule has 0 aliphatic carbocycles. The lowest BCUT2D eigenvalue weighted by Gasteiger charge is -2.38. The summed E-state index contributed by atoms with van der Waals surface area (Å²) in [5.41, 5.74) is -0.366. The zero-order valence-electron chi connectivity index (χ0n) is 24.0. The minimum atomic E-state index is -1.47. The highest BCUT2D eigenvalue weighted by Crippen LogP contribution is 2.45. The third-order valence-electron chi connectivity index (χ3n) is 5.47. The normalized spacial score (nSPS) is 13.9. The largest absolute Gasteiger partial charge is 0.378 e. The van der Waals surface area contributed by atoms with Gasteiger partial charge in [-0.3, -0.25) is 0 Å². The summed E-state index contributed by atoms with van der Waals surface area (Å²) in [6.45, 7) is 38.9. The van der Waals surface area contributed by atoms with E-state index in [0.29, 0.717) is 9.29 Å². The van der Waals surface area contributed by atoms with Gasteiger partial charge in [-0.2, -0.15) is 0 Å². The smallest absolute Gasteiger partial charge is 0.320 e. The molecule has 0 saturated carbocycles. The highest BCUT2D eigenvalue weighted by Gasteiger charge is 2.51. The van der Waals surface area contributed by atoms with Crippen LogP contribution >= 0.6 is 0 Å². The third kappa shape index (κ3) is 10.8. The van der Waals surface area contributed by atoms with Gasteiger partial charge in [0.2, 0.25) is 0 Å². The lowest BCUT2D eigenvalue weighted by Crippen LogP contribution is -2.48. The first kappa shape index (κ1) is 32.6. The van der Waals surface area contributed by atoms with Gasteiger partial charge in [-0.25, -0.2) is 0 Å². The third-order valence-corrected chi connectivity index (χ3v) is 15.2. The number of hydrogen-bond donors (Lipinski definition) is 0. The van der Waals surface area contributed by atoms with Gasteiger partial charge in [0.1, 0.15) is 0 Å². The molecule has 0 radical (unpaired) electrons. The minimum Gasteiger partial charge on any atom is -0.320 e. The van der Waals surface area contributed by atoms with Crippen LogP contribution in [0.15, 0.2) is 0 Å². The highest BCUT2D eigenvalue weighted by molar-refractivity contribution is 6.95. The highest BCUT2D eigenvalue weighted by atomic mass is 27.2. The molecular formula is C26H54Al2O2. The topological polar surface area (TPSA) is 34.1 Å². The molecule has 0 spiro atoms. The van der Waals surface area contributed by atoms with Crippen LogP contribution in [0.2, 0.25) is 17.1 Å². The zero-order valence-corrected chi connectivity index (χ0v) is 26.3. The Hall–Kier alpha value is 0.405. The number of carbonyl (C=O) groups excluding carboxylic acids is 2. The van der Waals surface area contributed by atoms with E-state index in [-0.39, 0.29) is 27.9 Å². The van der Waals surface area contributed by atoms with E-state index in [4.69, 9.17) is 0 Å². The van der Waals surface area contributed by atoms with Crippen molar-refractivity contribution in [3.63, 3.8) is 0 Å². The Morgan fingerprint density at radius 1 is 0.367 bits per heavy atom. The molecule has 0 bridgehead atoms. The summed E-state index contributed by atoms with van der Waals surface area (Å²) in [7, 11) is 0. The van der Waals surface area contributed by atoms with E-state index in [1.54, 1.807) is 0 Å². The molecule has 0 saturated heterocycles. The summed E-state index contributed by atoms with van der Waals surface area (Å²) < 4.78 is 1.71. The summed E-state index contributed by atoms with van der Waals surface area (Å²) in [5.74, 6) is 0. The second-order valence-electron chi connectivity index (χ2n) is 15.6. The molecule has 0 aliphatic rings. The van der Waals surface area contributed by atoms with Gasteiger partial charge in [-0.15, -0.1) is 0 Å². The first-order valence-corrected chi connectivity index (χ1v) is 15.1. The Balaban J connectivity index is 0. The van der Waals surface area contributed by atoms with E-state index in [0.717, 1.165) is 0 Å². The molecule has 30 heavy (non-hydrogen) atoms. The fourth-order valence-corrected chi connectivity index (χ4v) is 15.1. The number of carbonyl (C=O) groups is 2. The van der Waals surface area contributed by atoms with E-state index in [1.165, 1.54) is 0 Å². The summed E-state index contributed by atoms with van der Waals surface area (Å²) >= 11 is -2.94. The molecule has 0 aliphatic heterocycles. The van der Waals surface area contributed by atoms with E-state index in [2.05, 4.69) is 83.1 Å². The van der Waals surface area contributed by atoms with E-state index < -0.39 is 28.3 Å². The van der Waals surface area contributed by atoms with Crippen molar-refractivity contribution in [2.75, 3.05) is 0 Å². The Kier molecular flexibility index (Phi) is 11.0. The molecule has 0 atom stereocenters. The maximum Gasteiger partial charge on any atom is 0.378 e. The molecule has 2 nitrogen and oxygen atoms in total. The molecule has 0 aromatic rings. The predicted octanol–water partition coefficient (Wildman–Crippen LogP) is 8.47. The van der Waals surface area contributed by atoms with Crippen LogP contribution in [0.3, 0.4) is 0 Å². The molecule has 0 rings (SSSR count). The van der Waals surface area contributed by atoms with Crippen LogP contribution in [0, 0.1) is 10.8 Å². The standard InChI is InChI=1S/2C5H9O.4C4H9.2Al/c2*1-5(2,3)4-6;4*1-4(2)3;;/h2*1-3H3;4*1-3H3;;/i2*4+1;;;;;;. The molecule has 0 unspecified atom stereocenters. The van der Waals surface area contributed by atoms with Gasteiger partial charge in [0.05, 0.1) is 9.29 Å². The van der Waals surface area contributed by atoms with Crippen molar-refractivity contribution in [3.8, 4) is 0 Å². The Morgan fingerprint density at radius 2 is 0.500 bits per heavy atom. The second kappa shape index (κ2) is 10.1. The monoisotopic (exact) mass is 454 g/mol.